The number of rotatable bonds is 6. The zero-order valence-corrected chi connectivity index (χ0v) is 11.9. The van der Waals surface area contributed by atoms with Gasteiger partial charge in [-0.3, -0.25) is 4.79 Å². The Labute approximate surface area is 117 Å². The molecule has 1 aliphatic heterocycles. The van der Waals surface area contributed by atoms with Crippen LogP contribution in [0.2, 0.25) is 0 Å². The summed E-state index contributed by atoms with van der Waals surface area (Å²) in [6, 6.07) is -0.337. The standard InChI is InChI=1S/C12H21N3O5/c1-8(2)14-9(16)4-13-11(19)15-6-12(3,7-15)20-5-10(17)18/h8H,4-7H2,1-3H3,(H,13,19)(H,14,16)(H,17,18). The normalized spacial score (nSPS) is 16.5. The lowest BCUT2D eigenvalue weighted by Crippen LogP contribution is -2.65. The summed E-state index contributed by atoms with van der Waals surface area (Å²) in [5, 5.41) is 13.7. The molecular formula is C12H21N3O5. The van der Waals surface area contributed by atoms with Crippen LogP contribution in [0.3, 0.4) is 0 Å². The van der Waals surface area contributed by atoms with Crippen molar-refractivity contribution in [2.75, 3.05) is 26.2 Å². The van der Waals surface area contributed by atoms with Crippen LogP contribution >= 0.6 is 0 Å². The molecular weight excluding hydrogens is 266 g/mol. The Hall–Kier alpha value is -1.83. The molecule has 3 amide bonds. The van der Waals surface area contributed by atoms with Crippen molar-refractivity contribution in [2.45, 2.75) is 32.4 Å². The highest BCUT2D eigenvalue weighted by atomic mass is 16.5. The summed E-state index contributed by atoms with van der Waals surface area (Å²) in [6.45, 7) is 5.55. The molecule has 0 atom stereocenters. The van der Waals surface area contributed by atoms with Gasteiger partial charge in [0.1, 0.15) is 12.2 Å². The van der Waals surface area contributed by atoms with Gasteiger partial charge >= 0.3 is 12.0 Å². The first-order valence-corrected chi connectivity index (χ1v) is 6.40. The number of aliphatic carboxylic acids is 1. The van der Waals surface area contributed by atoms with Crippen LogP contribution in [-0.2, 0) is 14.3 Å². The van der Waals surface area contributed by atoms with Crippen molar-refractivity contribution >= 4 is 17.9 Å². The largest absolute Gasteiger partial charge is 0.480 e. The molecule has 1 saturated heterocycles. The zero-order valence-electron chi connectivity index (χ0n) is 11.9. The van der Waals surface area contributed by atoms with Gasteiger partial charge in [-0.15, -0.1) is 0 Å². The fourth-order valence-corrected chi connectivity index (χ4v) is 1.87. The highest BCUT2D eigenvalue weighted by Gasteiger charge is 2.42. The average Bonchev–Trinajstić information content (AvgIpc) is 2.29. The molecule has 0 aromatic rings. The van der Waals surface area contributed by atoms with Gasteiger partial charge in [-0.25, -0.2) is 9.59 Å². The van der Waals surface area contributed by atoms with Crippen molar-refractivity contribution in [3.8, 4) is 0 Å². The number of hydrogen-bond acceptors (Lipinski definition) is 4. The van der Waals surface area contributed by atoms with E-state index in [-0.39, 0.29) is 31.1 Å². The number of ether oxygens (including phenoxy) is 1. The maximum Gasteiger partial charge on any atom is 0.329 e. The molecule has 0 unspecified atom stereocenters. The Morgan fingerprint density at radius 3 is 2.45 bits per heavy atom. The average molecular weight is 287 g/mol. The third kappa shape index (κ3) is 5.04. The first-order chi connectivity index (χ1) is 9.22. The molecule has 1 rings (SSSR count). The second-order valence-electron chi connectivity index (χ2n) is 5.37. The minimum atomic E-state index is -1.04. The third-order valence-corrected chi connectivity index (χ3v) is 2.73. The molecule has 20 heavy (non-hydrogen) atoms. The topological polar surface area (TPSA) is 108 Å². The van der Waals surface area contributed by atoms with E-state index in [4.69, 9.17) is 9.84 Å². The van der Waals surface area contributed by atoms with E-state index in [1.165, 1.54) is 4.90 Å². The molecule has 1 heterocycles. The van der Waals surface area contributed by atoms with Gasteiger partial charge in [0.2, 0.25) is 5.91 Å². The Kier molecular flexibility index (Phi) is 5.32. The van der Waals surface area contributed by atoms with E-state index in [1.807, 2.05) is 13.8 Å². The third-order valence-electron chi connectivity index (χ3n) is 2.73. The van der Waals surface area contributed by atoms with E-state index in [0.717, 1.165) is 0 Å². The number of amides is 3. The number of nitrogens with zero attached hydrogens (tertiary/aromatic N) is 1. The van der Waals surface area contributed by atoms with Gasteiger partial charge in [-0.1, -0.05) is 0 Å². The van der Waals surface area contributed by atoms with Crippen LogP contribution in [0.4, 0.5) is 4.79 Å². The smallest absolute Gasteiger partial charge is 0.329 e. The maximum atomic E-state index is 11.7. The molecule has 0 radical (unpaired) electrons. The van der Waals surface area contributed by atoms with E-state index in [9.17, 15) is 14.4 Å². The predicted molar refractivity (Wildman–Crippen MR) is 70.2 cm³/mol. The number of carbonyl (C=O) groups excluding carboxylic acids is 2. The number of likely N-dealkylation sites (tertiary alicyclic amines) is 1. The van der Waals surface area contributed by atoms with Crippen molar-refractivity contribution < 1.29 is 24.2 Å². The summed E-state index contributed by atoms with van der Waals surface area (Å²) >= 11 is 0. The van der Waals surface area contributed by atoms with Crippen LogP contribution in [0.5, 0.6) is 0 Å². The number of urea groups is 1. The molecule has 114 valence electrons. The fraction of sp³-hybridized carbons (Fsp3) is 0.750. The minimum Gasteiger partial charge on any atom is -0.480 e. The van der Waals surface area contributed by atoms with E-state index in [1.54, 1.807) is 6.92 Å². The summed E-state index contributed by atoms with van der Waals surface area (Å²) in [4.78, 5) is 34.9. The number of carbonyl (C=O) groups is 3. The highest BCUT2D eigenvalue weighted by molar-refractivity contribution is 5.84. The van der Waals surface area contributed by atoms with Crippen LogP contribution in [-0.4, -0.2) is 65.8 Å². The zero-order chi connectivity index (χ0) is 15.3. The second-order valence-corrected chi connectivity index (χ2v) is 5.37. The van der Waals surface area contributed by atoms with Crippen molar-refractivity contribution in [3.63, 3.8) is 0 Å². The lowest BCUT2D eigenvalue weighted by Gasteiger charge is -2.46. The number of nitrogens with one attached hydrogen (secondary N) is 2. The molecule has 8 nitrogen and oxygen atoms in total. The monoisotopic (exact) mass is 287 g/mol. The van der Waals surface area contributed by atoms with E-state index < -0.39 is 11.6 Å². The van der Waals surface area contributed by atoms with Crippen LogP contribution in [0.1, 0.15) is 20.8 Å². The lowest BCUT2D eigenvalue weighted by atomic mass is 9.97. The number of hydrogen-bond donors (Lipinski definition) is 3. The molecule has 1 fully saturated rings. The van der Waals surface area contributed by atoms with E-state index >= 15 is 0 Å². The van der Waals surface area contributed by atoms with Gasteiger partial charge in [0.25, 0.3) is 0 Å². The molecule has 0 aromatic heterocycles. The van der Waals surface area contributed by atoms with Crippen LogP contribution in [0.25, 0.3) is 0 Å². The van der Waals surface area contributed by atoms with Crippen molar-refractivity contribution in [1.82, 2.24) is 15.5 Å². The van der Waals surface area contributed by atoms with Gasteiger partial charge in [-0.05, 0) is 20.8 Å². The Morgan fingerprint density at radius 2 is 1.95 bits per heavy atom. The van der Waals surface area contributed by atoms with E-state index in [2.05, 4.69) is 10.6 Å². The predicted octanol–water partition coefficient (Wildman–Crippen LogP) is -0.604. The molecule has 0 saturated carbocycles. The van der Waals surface area contributed by atoms with Crippen molar-refractivity contribution in [3.05, 3.63) is 0 Å². The van der Waals surface area contributed by atoms with E-state index in [0.29, 0.717) is 13.1 Å². The Bertz CT molecular complexity index is 391. The summed E-state index contributed by atoms with van der Waals surface area (Å²) < 4.78 is 5.19. The lowest BCUT2D eigenvalue weighted by molar-refractivity contribution is -0.159. The number of carboxylic acid groups (broad SMARTS) is 1. The van der Waals surface area contributed by atoms with Gasteiger partial charge < -0.3 is 25.4 Å². The fourth-order valence-electron chi connectivity index (χ4n) is 1.87. The van der Waals surface area contributed by atoms with Gasteiger partial charge in [0.15, 0.2) is 0 Å². The van der Waals surface area contributed by atoms with Crippen LogP contribution < -0.4 is 10.6 Å². The van der Waals surface area contributed by atoms with Crippen molar-refractivity contribution in [1.29, 1.82) is 0 Å². The summed E-state index contributed by atoms with van der Waals surface area (Å²) in [5.74, 6) is -1.29. The molecule has 0 bridgehead atoms. The van der Waals surface area contributed by atoms with Gasteiger partial charge in [-0.2, -0.15) is 0 Å². The summed E-state index contributed by atoms with van der Waals surface area (Å²) in [5.41, 5.74) is -0.629. The Balaban J connectivity index is 2.24. The minimum absolute atomic E-state index is 0.0242. The SMILES string of the molecule is CC(C)NC(=O)CNC(=O)N1CC(C)(OCC(=O)O)C1. The van der Waals surface area contributed by atoms with Gasteiger partial charge in [0, 0.05) is 6.04 Å². The molecule has 3 N–H and O–H groups in total. The summed E-state index contributed by atoms with van der Waals surface area (Å²) in [7, 11) is 0. The molecule has 8 heteroatoms. The molecule has 1 aliphatic rings. The van der Waals surface area contributed by atoms with Crippen LogP contribution in [0.15, 0.2) is 0 Å². The molecule has 0 aliphatic carbocycles. The highest BCUT2D eigenvalue weighted by Crippen LogP contribution is 2.24. The van der Waals surface area contributed by atoms with Gasteiger partial charge in [0.05, 0.1) is 19.6 Å². The quantitative estimate of drug-likeness (QED) is 0.604. The second kappa shape index (κ2) is 6.56. The van der Waals surface area contributed by atoms with Crippen LogP contribution in [0, 0.1) is 0 Å². The molecule has 0 aromatic carbocycles. The summed E-state index contributed by atoms with van der Waals surface area (Å²) in [6.07, 6.45) is 0. The number of carboxylic acids is 1. The molecule has 0 spiro atoms. The Morgan fingerprint density at radius 1 is 1.35 bits per heavy atom. The first kappa shape index (κ1) is 16.2. The first-order valence-electron chi connectivity index (χ1n) is 6.40. The van der Waals surface area contributed by atoms with Crippen molar-refractivity contribution in [2.24, 2.45) is 0 Å². The maximum absolute atomic E-state index is 11.7.